The molecule has 25 heavy (non-hydrogen) atoms. The number of likely N-dealkylation sites (tertiary alicyclic amines) is 1. The second kappa shape index (κ2) is 14.0. The molecule has 2 rings (SSSR count). The Morgan fingerprint density at radius 1 is 1.32 bits per heavy atom. The molecule has 2 aliphatic rings. The normalized spacial score (nSPS) is 22.6. The van der Waals surface area contributed by atoms with Crippen LogP contribution in [0.5, 0.6) is 0 Å². The molecule has 2 aliphatic heterocycles. The minimum absolute atomic E-state index is 0. The number of rotatable bonds is 10. The lowest BCUT2D eigenvalue weighted by molar-refractivity contribution is 0.0888. The lowest BCUT2D eigenvalue weighted by atomic mass is 10.1. The highest BCUT2D eigenvalue weighted by atomic mass is 127. The van der Waals surface area contributed by atoms with Crippen molar-refractivity contribution in [3.05, 3.63) is 0 Å². The average molecular weight is 468 g/mol. The van der Waals surface area contributed by atoms with Crippen molar-refractivity contribution in [3.8, 4) is 0 Å². The van der Waals surface area contributed by atoms with Gasteiger partial charge < -0.3 is 25.0 Å². The van der Waals surface area contributed by atoms with Crippen LogP contribution in [0.4, 0.5) is 0 Å². The first-order valence-electron chi connectivity index (χ1n) is 9.60. The maximum Gasteiger partial charge on any atom is 0.190 e. The van der Waals surface area contributed by atoms with E-state index in [0.717, 1.165) is 58.3 Å². The predicted molar refractivity (Wildman–Crippen MR) is 114 cm³/mol. The minimum atomic E-state index is 0. The van der Waals surface area contributed by atoms with Crippen molar-refractivity contribution in [3.63, 3.8) is 0 Å². The molecule has 2 N–H and O–H groups in total. The van der Waals surface area contributed by atoms with Crippen molar-refractivity contribution >= 4 is 29.9 Å². The Morgan fingerprint density at radius 3 is 2.80 bits per heavy atom. The number of ether oxygens (including phenoxy) is 2. The molecule has 0 aromatic rings. The smallest absolute Gasteiger partial charge is 0.190 e. The standard InChI is InChI=1S/C18H36N4O2.HI/c1-16(13-22-8-3-4-9-22)12-21-18(19-2)20-7-5-10-23-14-17-6-11-24-15-17;/h16-17H,3-15H2,1-2H3,(H2,19,20,21);1H. The van der Waals surface area contributed by atoms with Gasteiger partial charge in [0.1, 0.15) is 0 Å². The quantitative estimate of drug-likeness (QED) is 0.222. The fraction of sp³-hybridized carbons (Fsp3) is 0.944. The number of hydrogen-bond acceptors (Lipinski definition) is 4. The van der Waals surface area contributed by atoms with Crippen LogP contribution in [-0.4, -0.2) is 77.1 Å². The lowest BCUT2D eigenvalue weighted by Crippen LogP contribution is -2.41. The molecule has 2 atom stereocenters. The first-order chi connectivity index (χ1) is 11.8. The van der Waals surface area contributed by atoms with E-state index in [1.807, 2.05) is 7.05 Å². The van der Waals surface area contributed by atoms with Crippen LogP contribution < -0.4 is 10.6 Å². The van der Waals surface area contributed by atoms with Gasteiger partial charge in [0.25, 0.3) is 0 Å². The van der Waals surface area contributed by atoms with E-state index in [1.165, 1.54) is 32.5 Å². The van der Waals surface area contributed by atoms with E-state index in [2.05, 4.69) is 27.4 Å². The fourth-order valence-electron chi connectivity index (χ4n) is 3.31. The van der Waals surface area contributed by atoms with E-state index >= 15 is 0 Å². The van der Waals surface area contributed by atoms with Gasteiger partial charge >= 0.3 is 0 Å². The highest BCUT2D eigenvalue weighted by Gasteiger charge is 2.15. The summed E-state index contributed by atoms with van der Waals surface area (Å²) < 4.78 is 11.1. The molecule has 0 aromatic carbocycles. The Balaban J connectivity index is 0.00000312. The number of guanidine groups is 1. The van der Waals surface area contributed by atoms with Crippen molar-refractivity contribution in [2.75, 3.05) is 66.2 Å². The zero-order valence-corrected chi connectivity index (χ0v) is 18.3. The Bertz CT molecular complexity index is 359. The minimum Gasteiger partial charge on any atom is -0.381 e. The first-order valence-corrected chi connectivity index (χ1v) is 9.60. The molecule has 0 aliphatic carbocycles. The summed E-state index contributed by atoms with van der Waals surface area (Å²) in [4.78, 5) is 6.86. The fourth-order valence-corrected chi connectivity index (χ4v) is 3.31. The number of aliphatic imine (C=N–C) groups is 1. The van der Waals surface area contributed by atoms with Gasteiger partial charge in [-0.1, -0.05) is 6.92 Å². The second-order valence-electron chi connectivity index (χ2n) is 7.15. The predicted octanol–water partition coefficient (Wildman–Crippen LogP) is 1.94. The van der Waals surface area contributed by atoms with Crippen molar-refractivity contribution in [2.45, 2.75) is 32.6 Å². The van der Waals surface area contributed by atoms with Gasteiger partial charge in [0.15, 0.2) is 5.96 Å². The maximum absolute atomic E-state index is 5.72. The highest BCUT2D eigenvalue weighted by Crippen LogP contribution is 2.12. The van der Waals surface area contributed by atoms with Gasteiger partial charge in [0.05, 0.1) is 13.2 Å². The van der Waals surface area contributed by atoms with Crippen LogP contribution in [0.15, 0.2) is 4.99 Å². The third kappa shape index (κ3) is 9.96. The van der Waals surface area contributed by atoms with E-state index in [-0.39, 0.29) is 24.0 Å². The number of halogens is 1. The van der Waals surface area contributed by atoms with Crippen LogP contribution in [0, 0.1) is 11.8 Å². The third-order valence-electron chi connectivity index (χ3n) is 4.75. The zero-order valence-electron chi connectivity index (χ0n) is 16.0. The molecule has 0 aromatic heterocycles. The molecule has 0 saturated carbocycles. The van der Waals surface area contributed by atoms with Gasteiger partial charge in [0, 0.05) is 45.8 Å². The van der Waals surface area contributed by atoms with E-state index in [0.29, 0.717) is 11.8 Å². The summed E-state index contributed by atoms with van der Waals surface area (Å²) in [6.07, 6.45) is 4.86. The van der Waals surface area contributed by atoms with Crippen LogP contribution in [0.2, 0.25) is 0 Å². The molecule has 6 nitrogen and oxygen atoms in total. The van der Waals surface area contributed by atoms with Crippen LogP contribution in [-0.2, 0) is 9.47 Å². The SMILES string of the molecule is CN=C(NCCCOCC1CCOC1)NCC(C)CN1CCCC1.I. The van der Waals surface area contributed by atoms with Crippen LogP contribution in [0.1, 0.15) is 32.6 Å². The average Bonchev–Trinajstić information content (AvgIpc) is 3.27. The van der Waals surface area contributed by atoms with E-state index < -0.39 is 0 Å². The van der Waals surface area contributed by atoms with Crippen molar-refractivity contribution < 1.29 is 9.47 Å². The van der Waals surface area contributed by atoms with E-state index in [9.17, 15) is 0 Å². The van der Waals surface area contributed by atoms with Gasteiger partial charge in [-0.3, -0.25) is 4.99 Å². The molecule has 0 amide bonds. The molecule has 2 unspecified atom stereocenters. The molecule has 2 saturated heterocycles. The first kappa shape index (κ1) is 22.9. The Labute approximate surface area is 170 Å². The molecule has 148 valence electrons. The molecule has 0 bridgehead atoms. The van der Waals surface area contributed by atoms with Gasteiger partial charge in [-0.25, -0.2) is 0 Å². The molecule has 2 fully saturated rings. The summed E-state index contributed by atoms with van der Waals surface area (Å²) in [7, 11) is 1.83. The van der Waals surface area contributed by atoms with Gasteiger partial charge in [-0.05, 0) is 44.7 Å². The van der Waals surface area contributed by atoms with Gasteiger partial charge in [0.2, 0.25) is 0 Å². The van der Waals surface area contributed by atoms with Crippen LogP contribution >= 0.6 is 24.0 Å². The van der Waals surface area contributed by atoms with Crippen LogP contribution in [0.25, 0.3) is 0 Å². The Kier molecular flexibility index (Phi) is 12.8. The summed E-state index contributed by atoms with van der Waals surface area (Å²) in [6, 6.07) is 0. The second-order valence-corrected chi connectivity index (χ2v) is 7.15. The maximum atomic E-state index is 5.72. The Hall–Kier alpha value is -0.120. The van der Waals surface area contributed by atoms with Crippen LogP contribution in [0.3, 0.4) is 0 Å². The molecular formula is C18H37IN4O2. The topological polar surface area (TPSA) is 58.1 Å². The molecule has 2 heterocycles. The molecule has 0 radical (unpaired) electrons. The summed E-state index contributed by atoms with van der Waals surface area (Å²) in [5.74, 6) is 2.13. The van der Waals surface area contributed by atoms with Crippen molar-refractivity contribution in [1.29, 1.82) is 0 Å². The van der Waals surface area contributed by atoms with Gasteiger partial charge in [-0.15, -0.1) is 24.0 Å². The van der Waals surface area contributed by atoms with Crippen molar-refractivity contribution in [2.24, 2.45) is 16.8 Å². The lowest BCUT2D eigenvalue weighted by Gasteiger charge is -2.21. The summed E-state index contributed by atoms with van der Waals surface area (Å²) >= 11 is 0. The third-order valence-corrected chi connectivity index (χ3v) is 4.75. The van der Waals surface area contributed by atoms with E-state index in [1.54, 1.807) is 0 Å². The zero-order chi connectivity index (χ0) is 17.0. The number of nitrogens with zero attached hydrogens (tertiary/aromatic N) is 2. The highest BCUT2D eigenvalue weighted by molar-refractivity contribution is 14.0. The Morgan fingerprint density at radius 2 is 2.12 bits per heavy atom. The summed E-state index contributed by atoms with van der Waals surface area (Å²) in [6.45, 7) is 11.3. The summed E-state index contributed by atoms with van der Waals surface area (Å²) in [5, 5.41) is 6.80. The monoisotopic (exact) mass is 468 g/mol. The van der Waals surface area contributed by atoms with Crippen molar-refractivity contribution in [1.82, 2.24) is 15.5 Å². The number of hydrogen-bond donors (Lipinski definition) is 2. The van der Waals surface area contributed by atoms with Gasteiger partial charge in [-0.2, -0.15) is 0 Å². The summed E-state index contributed by atoms with van der Waals surface area (Å²) in [5.41, 5.74) is 0. The molecule has 0 spiro atoms. The van der Waals surface area contributed by atoms with E-state index in [4.69, 9.17) is 9.47 Å². The molecular weight excluding hydrogens is 431 g/mol. The number of nitrogens with one attached hydrogen (secondary N) is 2. The largest absolute Gasteiger partial charge is 0.381 e. The molecule has 7 heteroatoms.